The third-order valence-electron chi connectivity index (χ3n) is 4.10. The zero-order chi connectivity index (χ0) is 18.4. The molecular weight excluding hydrogens is 334 g/mol. The number of carbonyl (C=O) groups excluding carboxylic acids is 1. The zero-order valence-electron chi connectivity index (χ0n) is 14.5. The lowest BCUT2D eigenvalue weighted by Gasteiger charge is -2.35. The number of carbonyl (C=O) groups is 1. The van der Waals surface area contributed by atoms with Crippen molar-refractivity contribution in [2.24, 2.45) is 5.73 Å². The normalized spacial score (nSPS) is 16.6. The molecule has 1 fully saturated rings. The van der Waals surface area contributed by atoms with E-state index in [0.717, 1.165) is 5.56 Å². The molecule has 6 nitrogen and oxygen atoms in total. The second-order valence-corrected chi connectivity index (χ2v) is 6.02. The van der Waals surface area contributed by atoms with Gasteiger partial charge in [-0.15, -0.1) is 0 Å². The van der Waals surface area contributed by atoms with E-state index in [-0.39, 0.29) is 24.0 Å². The van der Waals surface area contributed by atoms with Gasteiger partial charge in [-0.25, -0.2) is 0 Å². The molecule has 2 N–H and O–H groups in total. The predicted octanol–water partition coefficient (Wildman–Crippen LogP) is 2.15. The molecule has 25 heavy (non-hydrogen) atoms. The first kappa shape index (κ1) is 19.4. The number of likely N-dealkylation sites (N-methyl/N-ethyl adjacent to an activating group) is 1. The molecule has 0 radical (unpaired) electrons. The summed E-state index contributed by atoms with van der Waals surface area (Å²) in [5, 5.41) is 0. The molecule has 0 unspecified atom stereocenters. The van der Waals surface area contributed by atoms with Gasteiger partial charge in [-0.2, -0.15) is 8.78 Å². The highest BCUT2D eigenvalue weighted by molar-refractivity contribution is 5.86. The molecule has 0 aromatic heterocycles. The van der Waals surface area contributed by atoms with Crippen LogP contribution in [0.3, 0.4) is 0 Å². The van der Waals surface area contributed by atoms with E-state index >= 15 is 0 Å². The standard InChI is InChI=1S/C17H24F2N2O4/c1-3-24-14-10-12(4-5-13(14)25-16(18)19)11-21(2)15(22)17(20)6-8-23-9-7-17/h4-5,10,16H,3,6-9,11,20H2,1-2H3. The molecule has 0 saturated carbocycles. The predicted molar refractivity (Wildman–Crippen MR) is 87.7 cm³/mol. The third-order valence-corrected chi connectivity index (χ3v) is 4.10. The summed E-state index contributed by atoms with van der Waals surface area (Å²) in [6.45, 7) is 0.337. The van der Waals surface area contributed by atoms with Crippen LogP contribution in [0.15, 0.2) is 18.2 Å². The van der Waals surface area contributed by atoms with Crippen molar-refractivity contribution in [3.63, 3.8) is 0 Å². The van der Waals surface area contributed by atoms with Crippen LogP contribution in [0.1, 0.15) is 25.3 Å². The summed E-state index contributed by atoms with van der Waals surface area (Å²) < 4.78 is 40.0. The van der Waals surface area contributed by atoms with Crippen LogP contribution in [0.5, 0.6) is 11.5 Å². The monoisotopic (exact) mass is 358 g/mol. The molecule has 0 bridgehead atoms. The van der Waals surface area contributed by atoms with E-state index < -0.39 is 12.2 Å². The van der Waals surface area contributed by atoms with Gasteiger partial charge in [-0.1, -0.05) is 6.07 Å². The highest BCUT2D eigenvalue weighted by Crippen LogP contribution is 2.30. The number of halogens is 2. The molecule has 0 atom stereocenters. The minimum Gasteiger partial charge on any atom is -0.490 e. The van der Waals surface area contributed by atoms with E-state index in [9.17, 15) is 13.6 Å². The average Bonchev–Trinajstić information content (AvgIpc) is 2.57. The van der Waals surface area contributed by atoms with Crippen molar-refractivity contribution in [2.75, 3.05) is 26.9 Å². The number of ether oxygens (including phenoxy) is 3. The molecule has 0 aliphatic carbocycles. The van der Waals surface area contributed by atoms with Crippen LogP contribution < -0.4 is 15.2 Å². The summed E-state index contributed by atoms with van der Waals surface area (Å²) in [6, 6.07) is 4.63. The highest BCUT2D eigenvalue weighted by Gasteiger charge is 2.37. The Bertz CT molecular complexity index is 592. The summed E-state index contributed by atoms with van der Waals surface area (Å²) in [6.07, 6.45) is 0.947. The number of amides is 1. The molecule has 1 aliphatic heterocycles. The molecule has 2 rings (SSSR count). The fourth-order valence-electron chi connectivity index (χ4n) is 2.79. The minimum absolute atomic E-state index is 0.0331. The molecule has 140 valence electrons. The Morgan fingerprint density at radius 3 is 2.64 bits per heavy atom. The molecule has 1 aromatic carbocycles. The van der Waals surface area contributed by atoms with Crippen molar-refractivity contribution >= 4 is 5.91 Å². The molecule has 1 amide bonds. The van der Waals surface area contributed by atoms with Gasteiger partial charge in [0, 0.05) is 26.8 Å². The Morgan fingerprint density at radius 1 is 1.36 bits per heavy atom. The van der Waals surface area contributed by atoms with Crippen LogP contribution in [0.4, 0.5) is 8.78 Å². The SMILES string of the molecule is CCOc1cc(CN(C)C(=O)C2(N)CCOCC2)ccc1OC(F)F. The number of alkyl halides is 2. The van der Waals surface area contributed by atoms with Crippen molar-refractivity contribution in [2.45, 2.75) is 38.5 Å². The fraction of sp³-hybridized carbons (Fsp3) is 0.588. The van der Waals surface area contributed by atoms with Crippen molar-refractivity contribution < 1.29 is 27.8 Å². The Hall–Kier alpha value is -1.93. The molecule has 1 heterocycles. The molecular formula is C17H24F2N2O4. The lowest BCUT2D eigenvalue weighted by Crippen LogP contribution is -2.57. The number of benzene rings is 1. The smallest absolute Gasteiger partial charge is 0.387 e. The first-order valence-corrected chi connectivity index (χ1v) is 8.18. The maximum atomic E-state index is 12.6. The number of rotatable bonds is 7. The van der Waals surface area contributed by atoms with Crippen LogP contribution in [-0.4, -0.2) is 49.8 Å². The second kappa shape index (κ2) is 8.44. The van der Waals surface area contributed by atoms with Gasteiger partial charge in [-0.05, 0) is 37.5 Å². The first-order valence-electron chi connectivity index (χ1n) is 8.18. The van der Waals surface area contributed by atoms with Crippen molar-refractivity contribution in [3.8, 4) is 11.5 Å². The van der Waals surface area contributed by atoms with Gasteiger partial charge in [0.2, 0.25) is 5.91 Å². The van der Waals surface area contributed by atoms with E-state index in [2.05, 4.69) is 4.74 Å². The summed E-state index contributed by atoms with van der Waals surface area (Å²) in [4.78, 5) is 14.2. The summed E-state index contributed by atoms with van der Waals surface area (Å²) in [7, 11) is 1.66. The van der Waals surface area contributed by atoms with Crippen LogP contribution in [-0.2, 0) is 16.1 Å². The van der Waals surface area contributed by atoms with E-state index in [4.69, 9.17) is 15.2 Å². The Kier molecular flexibility index (Phi) is 6.55. The van der Waals surface area contributed by atoms with Crippen LogP contribution in [0, 0.1) is 0 Å². The Balaban J connectivity index is 2.10. The second-order valence-electron chi connectivity index (χ2n) is 6.02. The summed E-state index contributed by atoms with van der Waals surface area (Å²) in [5.41, 5.74) is 6.03. The molecule has 8 heteroatoms. The largest absolute Gasteiger partial charge is 0.490 e. The van der Waals surface area contributed by atoms with Crippen molar-refractivity contribution in [1.82, 2.24) is 4.90 Å². The third kappa shape index (κ3) is 5.02. The number of nitrogens with two attached hydrogens (primary N) is 1. The molecule has 1 saturated heterocycles. The van der Waals surface area contributed by atoms with Gasteiger partial charge in [0.25, 0.3) is 0 Å². The van der Waals surface area contributed by atoms with Gasteiger partial charge in [-0.3, -0.25) is 4.79 Å². The number of hydrogen-bond donors (Lipinski definition) is 1. The molecule has 0 spiro atoms. The minimum atomic E-state index is -2.93. The molecule has 1 aliphatic rings. The van der Waals surface area contributed by atoms with Crippen LogP contribution in [0.2, 0.25) is 0 Å². The van der Waals surface area contributed by atoms with Gasteiger partial charge < -0.3 is 24.8 Å². The Labute approximate surface area is 145 Å². The van der Waals surface area contributed by atoms with Gasteiger partial charge in [0.05, 0.1) is 12.1 Å². The topological polar surface area (TPSA) is 74.0 Å². The van der Waals surface area contributed by atoms with Crippen LogP contribution in [0.25, 0.3) is 0 Å². The zero-order valence-corrected chi connectivity index (χ0v) is 14.5. The lowest BCUT2D eigenvalue weighted by molar-refractivity contribution is -0.139. The maximum absolute atomic E-state index is 12.6. The van der Waals surface area contributed by atoms with Gasteiger partial charge in [0.15, 0.2) is 11.5 Å². The summed E-state index contributed by atoms with van der Waals surface area (Å²) in [5.74, 6) is 0.0191. The number of nitrogens with zero attached hydrogens (tertiary/aromatic N) is 1. The molecule has 1 aromatic rings. The van der Waals surface area contributed by atoms with Crippen LogP contribution >= 0.6 is 0 Å². The Morgan fingerprint density at radius 2 is 2.04 bits per heavy atom. The van der Waals surface area contributed by atoms with E-state index in [1.54, 1.807) is 26.1 Å². The van der Waals surface area contributed by atoms with Crippen molar-refractivity contribution in [1.29, 1.82) is 0 Å². The van der Waals surface area contributed by atoms with E-state index in [1.807, 2.05) is 0 Å². The van der Waals surface area contributed by atoms with Gasteiger partial charge >= 0.3 is 6.61 Å². The van der Waals surface area contributed by atoms with E-state index in [1.165, 1.54) is 11.0 Å². The van der Waals surface area contributed by atoms with Gasteiger partial charge in [0.1, 0.15) is 0 Å². The van der Waals surface area contributed by atoms with E-state index in [0.29, 0.717) is 32.7 Å². The maximum Gasteiger partial charge on any atom is 0.387 e. The number of hydrogen-bond acceptors (Lipinski definition) is 5. The summed E-state index contributed by atoms with van der Waals surface area (Å²) >= 11 is 0. The fourth-order valence-corrected chi connectivity index (χ4v) is 2.79. The highest BCUT2D eigenvalue weighted by atomic mass is 19.3. The average molecular weight is 358 g/mol. The van der Waals surface area contributed by atoms with Crippen molar-refractivity contribution in [3.05, 3.63) is 23.8 Å². The first-order chi connectivity index (χ1) is 11.9. The lowest BCUT2D eigenvalue weighted by atomic mass is 9.89. The quantitative estimate of drug-likeness (QED) is 0.808.